The zero-order valence-corrected chi connectivity index (χ0v) is 12.3. The molecule has 0 spiro atoms. The third-order valence-corrected chi connectivity index (χ3v) is 3.15. The standard InChI is InChI=1S/C16H15FO5/c1-4-5-11(10-7-6-9(18)8-12(10)17)13-14(19)21-16(2,3)22-15(13)20/h6-8,11,13,18H,1-3H3/t11-/m1/s1. The summed E-state index contributed by atoms with van der Waals surface area (Å²) in [6.45, 7) is 4.37. The number of rotatable bonds is 2. The molecule has 0 unspecified atom stereocenters. The van der Waals surface area contributed by atoms with Gasteiger partial charge in [-0.3, -0.25) is 9.59 Å². The third-order valence-electron chi connectivity index (χ3n) is 3.15. The highest BCUT2D eigenvalue weighted by molar-refractivity contribution is 5.98. The van der Waals surface area contributed by atoms with Crippen LogP contribution in [0.5, 0.6) is 5.75 Å². The van der Waals surface area contributed by atoms with Crippen molar-refractivity contribution in [2.45, 2.75) is 32.5 Å². The number of phenols is 1. The van der Waals surface area contributed by atoms with E-state index in [-0.39, 0.29) is 11.3 Å². The number of aromatic hydroxyl groups is 1. The van der Waals surface area contributed by atoms with Crippen molar-refractivity contribution in [1.82, 2.24) is 0 Å². The summed E-state index contributed by atoms with van der Waals surface area (Å²) in [5.74, 6) is -1.24. The van der Waals surface area contributed by atoms with E-state index in [4.69, 9.17) is 9.47 Å². The van der Waals surface area contributed by atoms with Gasteiger partial charge in [-0.25, -0.2) is 4.39 Å². The average Bonchev–Trinajstić information content (AvgIpc) is 2.35. The van der Waals surface area contributed by atoms with E-state index < -0.39 is 35.4 Å². The van der Waals surface area contributed by atoms with E-state index in [1.54, 1.807) is 0 Å². The van der Waals surface area contributed by atoms with Crippen molar-refractivity contribution in [3.63, 3.8) is 0 Å². The maximum Gasteiger partial charge on any atom is 0.325 e. The van der Waals surface area contributed by atoms with Gasteiger partial charge in [0.2, 0.25) is 0 Å². The van der Waals surface area contributed by atoms with Gasteiger partial charge < -0.3 is 14.6 Å². The molecule has 6 heteroatoms. The maximum absolute atomic E-state index is 14.1. The SMILES string of the molecule is CC#C[C@H](c1ccc(O)cc1F)C1C(=O)OC(C)(C)OC1=O. The normalized spacial score (nSPS) is 18.7. The zero-order valence-electron chi connectivity index (χ0n) is 12.3. The van der Waals surface area contributed by atoms with E-state index in [1.165, 1.54) is 32.9 Å². The Morgan fingerprint density at radius 2 is 1.86 bits per heavy atom. The Bertz CT molecular complexity index is 664. The fourth-order valence-corrected chi connectivity index (χ4v) is 2.27. The highest BCUT2D eigenvalue weighted by atomic mass is 19.1. The van der Waals surface area contributed by atoms with Crippen LogP contribution in [0.1, 0.15) is 32.3 Å². The van der Waals surface area contributed by atoms with E-state index in [1.807, 2.05) is 0 Å². The largest absolute Gasteiger partial charge is 0.508 e. The number of esters is 2. The lowest BCUT2D eigenvalue weighted by Crippen LogP contribution is -2.48. The first kappa shape index (κ1) is 15.8. The number of carbonyl (C=O) groups is 2. The predicted octanol–water partition coefficient (Wildman–Crippen LogP) is 2.09. The summed E-state index contributed by atoms with van der Waals surface area (Å²) in [6, 6.07) is 3.43. The van der Waals surface area contributed by atoms with Gasteiger partial charge in [-0.15, -0.1) is 5.92 Å². The molecule has 0 saturated carbocycles. The van der Waals surface area contributed by atoms with Crippen LogP contribution in [0, 0.1) is 23.6 Å². The molecule has 1 aliphatic heterocycles. The maximum atomic E-state index is 14.1. The van der Waals surface area contributed by atoms with E-state index >= 15 is 0 Å². The van der Waals surface area contributed by atoms with Crippen molar-refractivity contribution in [2.24, 2.45) is 5.92 Å². The van der Waals surface area contributed by atoms with Crippen molar-refractivity contribution in [3.8, 4) is 17.6 Å². The molecular weight excluding hydrogens is 291 g/mol. The highest BCUT2D eigenvalue weighted by Crippen LogP contribution is 2.35. The molecule has 22 heavy (non-hydrogen) atoms. The van der Waals surface area contributed by atoms with Gasteiger partial charge in [-0.1, -0.05) is 12.0 Å². The van der Waals surface area contributed by atoms with Crippen molar-refractivity contribution < 1.29 is 28.6 Å². The Labute approximate surface area is 127 Å². The summed E-state index contributed by atoms with van der Waals surface area (Å²) in [4.78, 5) is 24.3. The predicted molar refractivity (Wildman–Crippen MR) is 74.0 cm³/mol. The minimum atomic E-state index is -1.38. The first-order valence-corrected chi connectivity index (χ1v) is 6.61. The molecule has 1 heterocycles. The highest BCUT2D eigenvalue weighted by Gasteiger charge is 2.47. The number of cyclic esters (lactones) is 2. The Kier molecular flexibility index (Phi) is 4.09. The molecule has 0 aliphatic carbocycles. The monoisotopic (exact) mass is 306 g/mol. The molecule has 1 N–H and O–H groups in total. The lowest BCUT2D eigenvalue weighted by molar-refractivity contribution is -0.240. The van der Waals surface area contributed by atoms with Gasteiger partial charge >= 0.3 is 11.9 Å². The topological polar surface area (TPSA) is 72.8 Å². The molecule has 0 radical (unpaired) electrons. The van der Waals surface area contributed by atoms with Crippen LogP contribution in [0.2, 0.25) is 0 Å². The number of hydrogen-bond acceptors (Lipinski definition) is 5. The molecule has 116 valence electrons. The van der Waals surface area contributed by atoms with Crippen molar-refractivity contribution >= 4 is 11.9 Å². The van der Waals surface area contributed by atoms with Crippen molar-refractivity contribution in [3.05, 3.63) is 29.6 Å². The summed E-state index contributed by atoms with van der Waals surface area (Å²) >= 11 is 0. The molecule has 1 fully saturated rings. The number of carbonyl (C=O) groups excluding carboxylic acids is 2. The molecular formula is C16H15FO5. The van der Waals surface area contributed by atoms with Gasteiger partial charge in [-0.05, 0) is 13.0 Å². The van der Waals surface area contributed by atoms with Crippen LogP contribution in [-0.2, 0) is 19.1 Å². The molecule has 1 aromatic carbocycles. The lowest BCUT2D eigenvalue weighted by Gasteiger charge is -2.34. The molecule has 0 amide bonds. The lowest BCUT2D eigenvalue weighted by atomic mass is 9.85. The molecule has 5 nitrogen and oxygen atoms in total. The fraction of sp³-hybridized carbons (Fsp3) is 0.375. The summed E-state index contributed by atoms with van der Waals surface area (Å²) in [5.41, 5.74) is 0.0192. The van der Waals surface area contributed by atoms with Crippen molar-refractivity contribution in [2.75, 3.05) is 0 Å². The summed E-state index contributed by atoms with van der Waals surface area (Å²) < 4.78 is 24.1. The molecule has 0 bridgehead atoms. The van der Waals surface area contributed by atoms with Crippen LogP contribution in [0.3, 0.4) is 0 Å². The Hall–Kier alpha value is -2.55. The van der Waals surface area contributed by atoms with Crippen LogP contribution >= 0.6 is 0 Å². The second-order valence-corrected chi connectivity index (χ2v) is 5.30. The summed E-state index contributed by atoms with van der Waals surface area (Å²) in [5, 5.41) is 9.27. The smallest absolute Gasteiger partial charge is 0.325 e. The van der Waals surface area contributed by atoms with Crippen LogP contribution < -0.4 is 0 Å². The quantitative estimate of drug-likeness (QED) is 0.514. The van der Waals surface area contributed by atoms with Crippen LogP contribution in [0.15, 0.2) is 18.2 Å². The molecule has 1 aromatic rings. The number of ether oxygens (including phenoxy) is 2. The van der Waals surface area contributed by atoms with E-state index in [0.717, 1.165) is 6.07 Å². The number of phenolic OH excluding ortho intramolecular Hbond substituents is 1. The van der Waals surface area contributed by atoms with Crippen molar-refractivity contribution in [1.29, 1.82) is 0 Å². The second kappa shape index (κ2) is 5.68. The van der Waals surface area contributed by atoms with E-state index in [9.17, 15) is 19.1 Å². The molecule has 0 aromatic heterocycles. The average molecular weight is 306 g/mol. The van der Waals surface area contributed by atoms with Gasteiger partial charge in [0.15, 0.2) is 5.92 Å². The molecule has 1 saturated heterocycles. The zero-order chi connectivity index (χ0) is 16.5. The van der Waals surface area contributed by atoms with Gasteiger partial charge in [0.05, 0.1) is 5.92 Å². The van der Waals surface area contributed by atoms with E-state index in [0.29, 0.717) is 0 Å². The first-order chi connectivity index (χ1) is 10.2. The minimum Gasteiger partial charge on any atom is -0.508 e. The molecule has 1 aliphatic rings. The van der Waals surface area contributed by atoms with Gasteiger partial charge in [0.1, 0.15) is 11.6 Å². The Morgan fingerprint density at radius 3 is 2.36 bits per heavy atom. The Balaban J connectivity index is 2.46. The van der Waals surface area contributed by atoms with Gasteiger partial charge in [0, 0.05) is 25.5 Å². The van der Waals surface area contributed by atoms with Crippen LogP contribution in [0.25, 0.3) is 0 Å². The summed E-state index contributed by atoms with van der Waals surface area (Å²) in [6.07, 6.45) is 0. The fourth-order valence-electron chi connectivity index (χ4n) is 2.27. The third kappa shape index (κ3) is 3.03. The Morgan fingerprint density at radius 1 is 1.27 bits per heavy atom. The number of halogens is 1. The van der Waals surface area contributed by atoms with Crippen LogP contribution in [0.4, 0.5) is 4.39 Å². The molecule has 2 rings (SSSR count). The number of benzene rings is 1. The first-order valence-electron chi connectivity index (χ1n) is 6.61. The van der Waals surface area contributed by atoms with Gasteiger partial charge in [0.25, 0.3) is 5.79 Å². The second-order valence-electron chi connectivity index (χ2n) is 5.30. The summed E-state index contributed by atoms with van der Waals surface area (Å²) in [7, 11) is 0. The minimum absolute atomic E-state index is 0.0192. The van der Waals surface area contributed by atoms with Gasteiger partial charge in [-0.2, -0.15) is 0 Å². The number of hydrogen-bond donors (Lipinski definition) is 1. The van der Waals surface area contributed by atoms with E-state index in [2.05, 4.69) is 11.8 Å². The molecule has 1 atom stereocenters. The van der Waals surface area contributed by atoms with Crippen LogP contribution in [-0.4, -0.2) is 22.8 Å².